The molecule has 0 saturated carbocycles. The Morgan fingerprint density at radius 3 is 2.58 bits per heavy atom. The zero-order valence-electron chi connectivity index (χ0n) is 14.9. The topological polar surface area (TPSA) is 90.3 Å². The number of nitrogens with zero attached hydrogens (tertiary/aromatic N) is 3. The third-order valence-electron chi connectivity index (χ3n) is 5.03. The largest absolute Gasteiger partial charge is 0.341 e. The van der Waals surface area contributed by atoms with Gasteiger partial charge in [0, 0.05) is 25.4 Å². The predicted molar refractivity (Wildman–Crippen MR) is 98.9 cm³/mol. The van der Waals surface area contributed by atoms with Crippen molar-refractivity contribution < 1.29 is 4.79 Å². The van der Waals surface area contributed by atoms with Gasteiger partial charge in [0.2, 0.25) is 5.91 Å². The van der Waals surface area contributed by atoms with Crippen molar-refractivity contribution in [1.82, 2.24) is 14.0 Å². The number of hydrogen-bond acceptors (Lipinski definition) is 4. The number of carbonyl (C=O) groups excluding carboxylic acids is 1. The van der Waals surface area contributed by atoms with Crippen molar-refractivity contribution in [2.45, 2.75) is 26.4 Å². The van der Waals surface area contributed by atoms with E-state index in [1.54, 1.807) is 4.90 Å². The van der Waals surface area contributed by atoms with Crippen LogP contribution >= 0.6 is 0 Å². The van der Waals surface area contributed by atoms with Crippen LogP contribution in [0.2, 0.25) is 0 Å². The Bertz CT molecular complexity index is 903. The summed E-state index contributed by atoms with van der Waals surface area (Å²) in [6, 6.07) is 10.8. The van der Waals surface area contributed by atoms with Crippen LogP contribution < -0.4 is 17.0 Å². The molecule has 1 aromatic carbocycles. The average molecular weight is 356 g/mol. The molecule has 1 aliphatic rings. The summed E-state index contributed by atoms with van der Waals surface area (Å²) in [6.45, 7) is 3.82. The second-order valence-corrected chi connectivity index (χ2v) is 7.22. The maximum Gasteiger partial charge on any atom is 0.331 e. The van der Waals surface area contributed by atoms with Crippen LogP contribution in [0.25, 0.3) is 0 Å². The highest BCUT2D eigenvalue weighted by Crippen LogP contribution is 2.28. The fourth-order valence-electron chi connectivity index (χ4n) is 3.24. The zero-order valence-corrected chi connectivity index (χ0v) is 14.9. The second kappa shape index (κ2) is 7.29. The van der Waals surface area contributed by atoms with E-state index in [1.807, 2.05) is 37.3 Å². The van der Waals surface area contributed by atoms with Crippen LogP contribution in [0, 0.1) is 5.41 Å². The first kappa shape index (κ1) is 18.1. The highest BCUT2D eigenvalue weighted by molar-refractivity contribution is 5.76. The van der Waals surface area contributed by atoms with Gasteiger partial charge in [-0.05, 0) is 23.9 Å². The predicted octanol–water partition coefficient (Wildman–Crippen LogP) is 0.256. The van der Waals surface area contributed by atoms with Gasteiger partial charge < -0.3 is 10.6 Å². The third-order valence-corrected chi connectivity index (χ3v) is 5.03. The Morgan fingerprint density at radius 1 is 1.19 bits per heavy atom. The number of hydrogen-bond donors (Lipinski definition) is 1. The van der Waals surface area contributed by atoms with Crippen molar-refractivity contribution in [2.24, 2.45) is 11.1 Å². The number of amides is 1. The molecule has 1 saturated heterocycles. The fourth-order valence-corrected chi connectivity index (χ4v) is 3.24. The smallest absolute Gasteiger partial charge is 0.331 e. The molecule has 1 aromatic heterocycles. The molecule has 1 fully saturated rings. The summed E-state index contributed by atoms with van der Waals surface area (Å²) in [5, 5.41) is 0. The summed E-state index contributed by atoms with van der Waals surface area (Å²) in [6.07, 6.45) is 2.30. The summed E-state index contributed by atoms with van der Waals surface area (Å²) in [5.74, 6) is -0.223. The summed E-state index contributed by atoms with van der Waals surface area (Å²) in [4.78, 5) is 39.1. The zero-order chi connectivity index (χ0) is 18.7. The van der Waals surface area contributed by atoms with Gasteiger partial charge in [-0.3, -0.25) is 18.7 Å². The van der Waals surface area contributed by atoms with Gasteiger partial charge in [0.1, 0.15) is 6.54 Å². The molecule has 2 heterocycles. The van der Waals surface area contributed by atoms with Crippen molar-refractivity contribution in [3.05, 3.63) is 69.0 Å². The molecule has 1 atom stereocenters. The lowest BCUT2D eigenvalue weighted by Crippen LogP contribution is -2.44. The summed E-state index contributed by atoms with van der Waals surface area (Å²) >= 11 is 0. The van der Waals surface area contributed by atoms with Crippen molar-refractivity contribution >= 4 is 5.91 Å². The summed E-state index contributed by atoms with van der Waals surface area (Å²) in [5.41, 5.74) is 5.69. The molecular formula is C19H24N4O3. The number of aromatic nitrogens is 2. The molecule has 2 aromatic rings. The van der Waals surface area contributed by atoms with E-state index in [0.29, 0.717) is 26.2 Å². The van der Waals surface area contributed by atoms with Crippen molar-refractivity contribution in [2.75, 3.05) is 19.6 Å². The average Bonchev–Trinajstić information content (AvgIpc) is 3.05. The minimum Gasteiger partial charge on any atom is -0.341 e. The van der Waals surface area contributed by atoms with Gasteiger partial charge in [-0.1, -0.05) is 37.3 Å². The minimum atomic E-state index is -0.476. The molecule has 7 nitrogen and oxygen atoms in total. The number of rotatable bonds is 5. The molecule has 0 spiro atoms. The van der Waals surface area contributed by atoms with E-state index in [1.165, 1.54) is 16.8 Å². The van der Waals surface area contributed by atoms with Gasteiger partial charge in [0.05, 0.1) is 6.54 Å². The van der Waals surface area contributed by atoms with E-state index in [0.717, 1.165) is 16.6 Å². The van der Waals surface area contributed by atoms with Gasteiger partial charge in [0.25, 0.3) is 5.56 Å². The van der Waals surface area contributed by atoms with Crippen LogP contribution in [0.3, 0.4) is 0 Å². The summed E-state index contributed by atoms with van der Waals surface area (Å²) in [7, 11) is 0. The van der Waals surface area contributed by atoms with E-state index < -0.39 is 11.2 Å². The standard InChI is InChI=1S/C19H24N4O3/c1-19(13-20)8-10-22(14-19)17(25)12-23-16(24)7-9-21(18(23)26)11-15-5-3-2-4-6-15/h2-7,9H,8,10-14,20H2,1H3. The van der Waals surface area contributed by atoms with Crippen molar-refractivity contribution in [1.29, 1.82) is 0 Å². The Morgan fingerprint density at radius 2 is 1.92 bits per heavy atom. The van der Waals surface area contributed by atoms with Crippen LogP contribution in [0.5, 0.6) is 0 Å². The normalized spacial score (nSPS) is 19.7. The SMILES string of the molecule is CC1(CN)CCN(C(=O)Cn2c(=O)ccn(Cc3ccccc3)c2=O)C1. The molecule has 0 bridgehead atoms. The quantitative estimate of drug-likeness (QED) is 0.832. The number of benzene rings is 1. The molecule has 1 aliphatic heterocycles. The highest BCUT2D eigenvalue weighted by Gasteiger charge is 2.35. The minimum absolute atomic E-state index is 0.0924. The van der Waals surface area contributed by atoms with Crippen molar-refractivity contribution in [3.63, 3.8) is 0 Å². The van der Waals surface area contributed by atoms with Crippen LogP contribution in [-0.2, 0) is 17.9 Å². The molecule has 2 N–H and O–H groups in total. The Labute approximate surface area is 151 Å². The molecule has 7 heteroatoms. The van der Waals surface area contributed by atoms with Crippen LogP contribution in [0.4, 0.5) is 0 Å². The Balaban J connectivity index is 1.80. The first-order valence-electron chi connectivity index (χ1n) is 8.74. The van der Waals surface area contributed by atoms with Crippen LogP contribution in [0.1, 0.15) is 18.9 Å². The summed E-state index contributed by atoms with van der Waals surface area (Å²) < 4.78 is 2.45. The van der Waals surface area contributed by atoms with Gasteiger partial charge in [-0.15, -0.1) is 0 Å². The maximum absolute atomic E-state index is 12.7. The Hall–Kier alpha value is -2.67. The first-order chi connectivity index (χ1) is 12.4. The highest BCUT2D eigenvalue weighted by atomic mass is 16.2. The fraction of sp³-hybridized carbons (Fsp3) is 0.421. The Kier molecular flexibility index (Phi) is 5.08. The lowest BCUT2D eigenvalue weighted by Gasteiger charge is -2.22. The van der Waals surface area contributed by atoms with Crippen LogP contribution in [0.15, 0.2) is 52.2 Å². The third kappa shape index (κ3) is 3.77. The van der Waals surface area contributed by atoms with Gasteiger partial charge >= 0.3 is 5.69 Å². The van der Waals surface area contributed by atoms with Gasteiger partial charge in [-0.25, -0.2) is 4.79 Å². The van der Waals surface area contributed by atoms with E-state index in [-0.39, 0.29) is 17.9 Å². The van der Waals surface area contributed by atoms with Crippen molar-refractivity contribution in [3.8, 4) is 0 Å². The molecule has 3 rings (SSSR count). The molecule has 26 heavy (non-hydrogen) atoms. The molecule has 0 radical (unpaired) electrons. The number of likely N-dealkylation sites (tertiary alicyclic amines) is 1. The van der Waals surface area contributed by atoms with E-state index >= 15 is 0 Å². The lowest BCUT2D eigenvalue weighted by atomic mass is 9.90. The lowest BCUT2D eigenvalue weighted by molar-refractivity contribution is -0.131. The molecule has 1 amide bonds. The van der Waals surface area contributed by atoms with E-state index in [2.05, 4.69) is 0 Å². The van der Waals surface area contributed by atoms with E-state index in [9.17, 15) is 14.4 Å². The number of nitrogens with two attached hydrogens (primary N) is 1. The van der Waals surface area contributed by atoms with Gasteiger partial charge in [-0.2, -0.15) is 0 Å². The molecule has 138 valence electrons. The van der Waals surface area contributed by atoms with E-state index in [4.69, 9.17) is 5.73 Å². The maximum atomic E-state index is 12.7. The van der Waals surface area contributed by atoms with Gasteiger partial charge in [0.15, 0.2) is 0 Å². The second-order valence-electron chi connectivity index (χ2n) is 7.22. The number of carbonyl (C=O) groups is 1. The molecular weight excluding hydrogens is 332 g/mol. The molecule has 1 unspecified atom stereocenters. The molecule has 0 aliphatic carbocycles. The first-order valence-corrected chi connectivity index (χ1v) is 8.74. The van der Waals surface area contributed by atoms with Crippen LogP contribution in [-0.4, -0.2) is 39.6 Å². The monoisotopic (exact) mass is 356 g/mol.